The predicted octanol–water partition coefficient (Wildman–Crippen LogP) is 2.21. The van der Waals surface area contributed by atoms with E-state index in [1.165, 1.54) is 0 Å². The molecule has 0 aromatic heterocycles. The number of benzene rings is 1. The molecule has 0 fully saturated rings. The Kier molecular flexibility index (Phi) is 3.87. The largest absolute Gasteiger partial charge is 0.481 e. The molecule has 15 heavy (non-hydrogen) atoms. The molecule has 0 amide bonds. The van der Waals surface area contributed by atoms with Gasteiger partial charge in [0, 0.05) is 0 Å². The first-order valence-corrected chi connectivity index (χ1v) is 4.85. The molecular formula is C12H13NO2. The van der Waals surface area contributed by atoms with Crippen LogP contribution in [0.15, 0.2) is 24.3 Å². The lowest BCUT2D eigenvalue weighted by atomic mass is 10.0. The third-order valence-electron chi connectivity index (χ3n) is 2.37. The van der Waals surface area contributed by atoms with Gasteiger partial charge in [-0.25, -0.2) is 0 Å². The summed E-state index contributed by atoms with van der Waals surface area (Å²) in [4.78, 5) is 10.6. The van der Waals surface area contributed by atoms with Gasteiger partial charge in [0.05, 0.1) is 17.6 Å². The van der Waals surface area contributed by atoms with Crippen molar-refractivity contribution < 1.29 is 9.90 Å². The van der Waals surface area contributed by atoms with E-state index in [4.69, 9.17) is 10.4 Å². The van der Waals surface area contributed by atoms with Crippen LogP contribution in [0.4, 0.5) is 0 Å². The maximum Gasteiger partial charge on any atom is 0.306 e. The molecule has 0 aliphatic heterocycles. The fraction of sp³-hybridized carbons (Fsp3) is 0.333. The smallest absolute Gasteiger partial charge is 0.306 e. The molecule has 0 saturated carbocycles. The van der Waals surface area contributed by atoms with Crippen molar-refractivity contribution in [3.63, 3.8) is 0 Å². The monoisotopic (exact) mass is 203 g/mol. The second-order valence-electron chi connectivity index (χ2n) is 3.59. The zero-order valence-electron chi connectivity index (χ0n) is 8.60. The van der Waals surface area contributed by atoms with Crippen LogP contribution in [0.1, 0.15) is 24.5 Å². The normalized spacial score (nSPS) is 11.7. The SMILES string of the molecule is CC(CCc1ccc(C#N)cc1)C(=O)O. The molecule has 0 bridgehead atoms. The van der Waals surface area contributed by atoms with Gasteiger partial charge in [-0.05, 0) is 30.5 Å². The Bertz CT molecular complexity index is 376. The molecule has 1 rings (SSSR count). The predicted molar refractivity (Wildman–Crippen MR) is 56.3 cm³/mol. The van der Waals surface area contributed by atoms with Crippen molar-refractivity contribution in [3.8, 4) is 6.07 Å². The quantitative estimate of drug-likeness (QED) is 0.816. The summed E-state index contributed by atoms with van der Waals surface area (Å²) < 4.78 is 0. The average molecular weight is 203 g/mol. The molecule has 0 saturated heterocycles. The van der Waals surface area contributed by atoms with Gasteiger partial charge in [0.1, 0.15) is 0 Å². The molecule has 1 aromatic rings. The average Bonchev–Trinajstić information content (AvgIpc) is 2.26. The Morgan fingerprint density at radius 2 is 2.07 bits per heavy atom. The highest BCUT2D eigenvalue weighted by molar-refractivity contribution is 5.69. The third kappa shape index (κ3) is 3.43. The molecule has 1 N–H and O–H groups in total. The first kappa shape index (κ1) is 11.3. The van der Waals surface area contributed by atoms with Gasteiger partial charge < -0.3 is 5.11 Å². The molecule has 3 nitrogen and oxygen atoms in total. The van der Waals surface area contributed by atoms with Crippen LogP contribution in [0.25, 0.3) is 0 Å². The number of aryl methyl sites for hydroxylation is 1. The summed E-state index contributed by atoms with van der Waals surface area (Å²) in [5.41, 5.74) is 1.70. The Hall–Kier alpha value is -1.82. The van der Waals surface area contributed by atoms with Gasteiger partial charge in [-0.1, -0.05) is 19.1 Å². The van der Waals surface area contributed by atoms with E-state index >= 15 is 0 Å². The number of hydrogen-bond donors (Lipinski definition) is 1. The molecule has 0 aliphatic rings. The van der Waals surface area contributed by atoms with Gasteiger partial charge in [-0.15, -0.1) is 0 Å². The number of carboxylic acid groups (broad SMARTS) is 1. The number of aliphatic carboxylic acids is 1. The van der Waals surface area contributed by atoms with E-state index in [1.807, 2.05) is 18.2 Å². The van der Waals surface area contributed by atoms with Crippen molar-refractivity contribution in [2.45, 2.75) is 19.8 Å². The van der Waals surface area contributed by atoms with Gasteiger partial charge in [-0.2, -0.15) is 5.26 Å². The lowest BCUT2D eigenvalue weighted by molar-refractivity contribution is -0.141. The first-order valence-electron chi connectivity index (χ1n) is 4.85. The van der Waals surface area contributed by atoms with E-state index in [1.54, 1.807) is 19.1 Å². The van der Waals surface area contributed by atoms with E-state index in [2.05, 4.69) is 0 Å². The van der Waals surface area contributed by atoms with Crippen LogP contribution >= 0.6 is 0 Å². The standard InChI is InChI=1S/C12H13NO2/c1-9(12(14)15)2-3-10-4-6-11(8-13)7-5-10/h4-7,9H,2-3H2,1H3,(H,14,15). The minimum Gasteiger partial charge on any atom is -0.481 e. The second kappa shape index (κ2) is 5.16. The molecule has 0 radical (unpaired) electrons. The van der Waals surface area contributed by atoms with Gasteiger partial charge in [-0.3, -0.25) is 4.79 Å². The fourth-order valence-electron chi connectivity index (χ4n) is 1.25. The number of rotatable bonds is 4. The highest BCUT2D eigenvalue weighted by atomic mass is 16.4. The highest BCUT2D eigenvalue weighted by Crippen LogP contribution is 2.10. The molecule has 3 heteroatoms. The Labute approximate surface area is 89.0 Å². The number of hydrogen-bond acceptors (Lipinski definition) is 2. The van der Waals surface area contributed by atoms with Gasteiger partial charge in [0.15, 0.2) is 0 Å². The number of carbonyl (C=O) groups is 1. The summed E-state index contributed by atoms with van der Waals surface area (Å²) in [7, 11) is 0. The van der Waals surface area contributed by atoms with Crippen LogP contribution in [0.3, 0.4) is 0 Å². The van der Waals surface area contributed by atoms with E-state index in [0.29, 0.717) is 12.0 Å². The lowest BCUT2D eigenvalue weighted by Crippen LogP contribution is -2.10. The number of carboxylic acids is 1. The van der Waals surface area contributed by atoms with Crippen LogP contribution in [-0.2, 0) is 11.2 Å². The number of nitriles is 1. The van der Waals surface area contributed by atoms with E-state index in [9.17, 15) is 4.79 Å². The van der Waals surface area contributed by atoms with Crippen molar-refractivity contribution >= 4 is 5.97 Å². The van der Waals surface area contributed by atoms with Crippen LogP contribution in [0.2, 0.25) is 0 Å². The zero-order valence-corrected chi connectivity index (χ0v) is 8.60. The Morgan fingerprint density at radius 1 is 1.47 bits per heavy atom. The topological polar surface area (TPSA) is 61.1 Å². The van der Waals surface area contributed by atoms with E-state index in [0.717, 1.165) is 12.0 Å². The van der Waals surface area contributed by atoms with Gasteiger partial charge in [0.2, 0.25) is 0 Å². The molecule has 0 heterocycles. The molecule has 0 aliphatic carbocycles. The van der Waals surface area contributed by atoms with Crippen molar-refractivity contribution in [3.05, 3.63) is 35.4 Å². The first-order chi connectivity index (χ1) is 7.13. The van der Waals surface area contributed by atoms with Crippen molar-refractivity contribution in [2.75, 3.05) is 0 Å². The van der Waals surface area contributed by atoms with Crippen molar-refractivity contribution in [1.82, 2.24) is 0 Å². The maximum atomic E-state index is 10.6. The fourth-order valence-corrected chi connectivity index (χ4v) is 1.25. The Balaban J connectivity index is 2.52. The molecular weight excluding hydrogens is 190 g/mol. The van der Waals surface area contributed by atoms with Crippen LogP contribution in [-0.4, -0.2) is 11.1 Å². The minimum absolute atomic E-state index is 0.319. The lowest BCUT2D eigenvalue weighted by Gasteiger charge is -2.05. The second-order valence-corrected chi connectivity index (χ2v) is 3.59. The summed E-state index contributed by atoms with van der Waals surface area (Å²) >= 11 is 0. The number of nitrogens with zero attached hydrogens (tertiary/aromatic N) is 1. The third-order valence-corrected chi connectivity index (χ3v) is 2.37. The van der Waals surface area contributed by atoms with Crippen LogP contribution in [0.5, 0.6) is 0 Å². The van der Waals surface area contributed by atoms with E-state index in [-0.39, 0.29) is 5.92 Å². The van der Waals surface area contributed by atoms with Crippen molar-refractivity contribution in [2.24, 2.45) is 5.92 Å². The molecule has 1 aromatic carbocycles. The minimum atomic E-state index is -0.761. The Morgan fingerprint density at radius 3 is 2.53 bits per heavy atom. The van der Waals surface area contributed by atoms with Crippen LogP contribution < -0.4 is 0 Å². The maximum absolute atomic E-state index is 10.6. The molecule has 1 atom stereocenters. The highest BCUT2D eigenvalue weighted by Gasteiger charge is 2.10. The zero-order chi connectivity index (χ0) is 11.3. The summed E-state index contributed by atoms with van der Waals surface area (Å²) in [5, 5.41) is 17.3. The van der Waals surface area contributed by atoms with Gasteiger partial charge >= 0.3 is 5.97 Å². The summed E-state index contributed by atoms with van der Waals surface area (Å²) in [5.74, 6) is -1.08. The van der Waals surface area contributed by atoms with Crippen LogP contribution in [0, 0.1) is 17.2 Å². The van der Waals surface area contributed by atoms with E-state index < -0.39 is 5.97 Å². The summed E-state index contributed by atoms with van der Waals surface area (Å²) in [6.07, 6.45) is 1.36. The molecule has 78 valence electrons. The van der Waals surface area contributed by atoms with Gasteiger partial charge in [0.25, 0.3) is 0 Å². The summed E-state index contributed by atoms with van der Waals surface area (Å²) in [6.45, 7) is 1.70. The summed E-state index contributed by atoms with van der Waals surface area (Å²) in [6, 6.07) is 9.28. The molecule has 0 spiro atoms. The molecule has 1 unspecified atom stereocenters. The van der Waals surface area contributed by atoms with Crippen molar-refractivity contribution in [1.29, 1.82) is 5.26 Å².